The molecule has 0 aliphatic rings. The first-order chi connectivity index (χ1) is 19.5. The van der Waals surface area contributed by atoms with Crippen molar-refractivity contribution in [1.82, 2.24) is 15.0 Å². The van der Waals surface area contributed by atoms with E-state index in [0.717, 1.165) is 61.3 Å². The molecule has 0 N–H and O–H groups in total. The van der Waals surface area contributed by atoms with Crippen LogP contribution in [0.2, 0.25) is 0 Å². The van der Waals surface area contributed by atoms with E-state index in [1.807, 2.05) is 48.5 Å². The van der Waals surface area contributed by atoms with Crippen molar-refractivity contribution in [2.75, 3.05) is 0 Å². The van der Waals surface area contributed by atoms with Crippen LogP contribution in [0.4, 0.5) is 0 Å². The standard InChI is InChI=1S/C36H27N3O/c1-22-20-23(2)33(24(3)21-22)35-34(37-29-8-4-5-9-30(29)38-35)27-16-12-25(13-17-27)26-14-18-28(19-15-26)36-39-31-10-6-7-11-32(31)40-36/h4-21H,1-3H3. The van der Waals surface area contributed by atoms with Gasteiger partial charge in [0.15, 0.2) is 5.58 Å². The van der Waals surface area contributed by atoms with Crippen LogP contribution in [0.5, 0.6) is 0 Å². The number of aryl methyl sites for hydroxylation is 3. The second-order valence-corrected chi connectivity index (χ2v) is 10.3. The molecule has 5 aromatic carbocycles. The van der Waals surface area contributed by atoms with E-state index in [2.05, 4.69) is 86.4 Å². The normalized spacial score (nSPS) is 11.4. The molecule has 4 heteroatoms. The summed E-state index contributed by atoms with van der Waals surface area (Å²) >= 11 is 0. The Balaban J connectivity index is 1.27. The van der Waals surface area contributed by atoms with E-state index in [9.17, 15) is 0 Å². The Kier molecular flexibility index (Phi) is 5.75. The van der Waals surface area contributed by atoms with Gasteiger partial charge in [-0.25, -0.2) is 15.0 Å². The van der Waals surface area contributed by atoms with Gasteiger partial charge in [-0.1, -0.05) is 78.4 Å². The number of benzene rings is 5. The maximum atomic E-state index is 5.94. The van der Waals surface area contributed by atoms with Crippen LogP contribution in [0, 0.1) is 20.8 Å². The zero-order valence-corrected chi connectivity index (χ0v) is 22.6. The van der Waals surface area contributed by atoms with Crippen molar-refractivity contribution in [3.05, 3.63) is 126 Å². The fourth-order valence-electron chi connectivity index (χ4n) is 5.55. The number of nitrogens with zero attached hydrogens (tertiary/aromatic N) is 3. The highest BCUT2D eigenvalue weighted by Crippen LogP contribution is 2.36. The van der Waals surface area contributed by atoms with E-state index >= 15 is 0 Å². The molecular weight excluding hydrogens is 490 g/mol. The van der Waals surface area contributed by atoms with Crippen LogP contribution in [-0.4, -0.2) is 15.0 Å². The lowest BCUT2D eigenvalue weighted by atomic mass is 9.93. The molecule has 0 saturated heterocycles. The Hall–Kier alpha value is -5.09. The van der Waals surface area contributed by atoms with Crippen molar-refractivity contribution in [2.24, 2.45) is 0 Å². The summed E-state index contributed by atoms with van der Waals surface area (Å²) < 4.78 is 5.94. The first kappa shape index (κ1) is 24.0. The highest BCUT2D eigenvalue weighted by Gasteiger charge is 2.17. The summed E-state index contributed by atoms with van der Waals surface area (Å²) in [6, 6.07) is 37.3. The van der Waals surface area contributed by atoms with Crippen LogP contribution < -0.4 is 0 Å². The Bertz CT molecular complexity index is 1960. The van der Waals surface area contributed by atoms with Gasteiger partial charge in [-0.2, -0.15) is 0 Å². The minimum Gasteiger partial charge on any atom is -0.436 e. The van der Waals surface area contributed by atoms with Gasteiger partial charge in [-0.3, -0.25) is 0 Å². The fraction of sp³-hybridized carbons (Fsp3) is 0.0833. The van der Waals surface area contributed by atoms with Crippen LogP contribution in [0.3, 0.4) is 0 Å². The number of oxazole rings is 1. The van der Waals surface area contributed by atoms with Gasteiger partial charge in [0.2, 0.25) is 5.89 Å². The average molecular weight is 518 g/mol. The lowest BCUT2D eigenvalue weighted by Crippen LogP contribution is -1.99. The van der Waals surface area contributed by atoms with E-state index in [1.165, 1.54) is 16.7 Å². The Morgan fingerprint density at radius 1 is 0.475 bits per heavy atom. The molecule has 0 radical (unpaired) electrons. The van der Waals surface area contributed by atoms with Gasteiger partial charge in [0.05, 0.1) is 22.4 Å². The molecule has 192 valence electrons. The van der Waals surface area contributed by atoms with Gasteiger partial charge in [0.1, 0.15) is 5.52 Å². The largest absolute Gasteiger partial charge is 0.436 e. The molecule has 40 heavy (non-hydrogen) atoms. The van der Waals surface area contributed by atoms with Crippen molar-refractivity contribution in [2.45, 2.75) is 20.8 Å². The zero-order chi connectivity index (χ0) is 27.2. The molecule has 0 atom stereocenters. The smallest absolute Gasteiger partial charge is 0.227 e. The van der Waals surface area contributed by atoms with Crippen LogP contribution >= 0.6 is 0 Å². The van der Waals surface area contributed by atoms with E-state index in [4.69, 9.17) is 14.4 Å². The topological polar surface area (TPSA) is 51.8 Å². The lowest BCUT2D eigenvalue weighted by molar-refractivity contribution is 0.620. The predicted octanol–water partition coefficient (Wildman–Crippen LogP) is 9.36. The summed E-state index contributed by atoms with van der Waals surface area (Å²) in [6.45, 7) is 6.45. The number of hydrogen-bond donors (Lipinski definition) is 0. The van der Waals surface area contributed by atoms with E-state index in [0.29, 0.717) is 5.89 Å². The predicted molar refractivity (Wildman–Crippen MR) is 163 cm³/mol. The summed E-state index contributed by atoms with van der Waals surface area (Å²) in [6.07, 6.45) is 0. The van der Waals surface area contributed by atoms with E-state index < -0.39 is 0 Å². The molecule has 0 aliphatic carbocycles. The Morgan fingerprint density at radius 2 is 0.975 bits per heavy atom. The minimum atomic E-state index is 0.632. The van der Waals surface area contributed by atoms with Gasteiger partial charge in [-0.15, -0.1) is 0 Å². The highest BCUT2D eigenvalue weighted by atomic mass is 16.3. The summed E-state index contributed by atoms with van der Waals surface area (Å²) in [5.74, 6) is 0.632. The molecule has 2 heterocycles. The summed E-state index contributed by atoms with van der Waals surface area (Å²) in [5.41, 5.74) is 14.3. The number of fused-ring (bicyclic) bond motifs is 2. The maximum Gasteiger partial charge on any atom is 0.227 e. The molecule has 7 aromatic rings. The quantitative estimate of drug-likeness (QED) is 0.233. The third kappa shape index (κ3) is 4.24. The van der Waals surface area contributed by atoms with Crippen molar-refractivity contribution in [1.29, 1.82) is 0 Å². The van der Waals surface area contributed by atoms with Crippen molar-refractivity contribution in [3.63, 3.8) is 0 Å². The molecule has 7 rings (SSSR count). The number of para-hydroxylation sites is 4. The van der Waals surface area contributed by atoms with Crippen molar-refractivity contribution >= 4 is 22.1 Å². The van der Waals surface area contributed by atoms with Gasteiger partial charge < -0.3 is 4.42 Å². The summed E-state index contributed by atoms with van der Waals surface area (Å²) in [7, 11) is 0. The lowest BCUT2D eigenvalue weighted by Gasteiger charge is -2.16. The van der Waals surface area contributed by atoms with E-state index in [-0.39, 0.29) is 0 Å². The molecule has 4 nitrogen and oxygen atoms in total. The van der Waals surface area contributed by atoms with E-state index in [1.54, 1.807) is 0 Å². The molecule has 2 aromatic heterocycles. The molecule has 0 aliphatic heterocycles. The van der Waals surface area contributed by atoms with Crippen LogP contribution in [-0.2, 0) is 0 Å². The monoisotopic (exact) mass is 517 g/mol. The first-order valence-corrected chi connectivity index (χ1v) is 13.5. The van der Waals surface area contributed by atoms with Crippen LogP contribution in [0.25, 0.3) is 67.2 Å². The Morgan fingerprint density at radius 3 is 1.57 bits per heavy atom. The average Bonchev–Trinajstić information content (AvgIpc) is 3.41. The SMILES string of the molecule is Cc1cc(C)c(-c2nc3ccccc3nc2-c2ccc(-c3ccc(-c4nc5ccccc5o4)cc3)cc2)c(C)c1. The molecule has 0 amide bonds. The summed E-state index contributed by atoms with van der Waals surface area (Å²) in [5, 5.41) is 0. The molecule has 0 fully saturated rings. The van der Waals surface area contributed by atoms with Gasteiger partial charge >= 0.3 is 0 Å². The van der Waals surface area contributed by atoms with Gasteiger partial charge in [0, 0.05) is 16.7 Å². The van der Waals surface area contributed by atoms with Gasteiger partial charge in [0.25, 0.3) is 0 Å². The third-order valence-corrected chi connectivity index (χ3v) is 7.40. The van der Waals surface area contributed by atoms with Crippen LogP contribution in [0.15, 0.2) is 114 Å². The zero-order valence-electron chi connectivity index (χ0n) is 22.6. The summed E-state index contributed by atoms with van der Waals surface area (Å²) in [4.78, 5) is 14.9. The highest BCUT2D eigenvalue weighted by molar-refractivity contribution is 5.88. The molecule has 0 bridgehead atoms. The van der Waals surface area contributed by atoms with Crippen molar-refractivity contribution < 1.29 is 4.42 Å². The second kappa shape index (κ2) is 9.58. The molecular formula is C36H27N3O. The van der Waals surface area contributed by atoms with Crippen LogP contribution in [0.1, 0.15) is 16.7 Å². The Labute approximate surface area is 233 Å². The third-order valence-electron chi connectivity index (χ3n) is 7.40. The number of aromatic nitrogens is 3. The van der Waals surface area contributed by atoms with Crippen molar-refractivity contribution in [3.8, 4) is 45.1 Å². The maximum absolute atomic E-state index is 5.94. The first-order valence-electron chi connectivity index (χ1n) is 13.5. The molecule has 0 spiro atoms. The molecule has 0 unspecified atom stereocenters. The molecule has 0 saturated carbocycles. The second-order valence-electron chi connectivity index (χ2n) is 10.3. The number of hydrogen-bond acceptors (Lipinski definition) is 4. The number of rotatable bonds is 4. The fourth-order valence-corrected chi connectivity index (χ4v) is 5.55. The van der Waals surface area contributed by atoms with Gasteiger partial charge in [-0.05, 0) is 79.4 Å². The minimum absolute atomic E-state index is 0.632.